The van der Waals surface area contributed by atoms with E-state index in [9.17, 15) is 0 Å². The van der Waals surface area contributed by atoms with E-state index in [0.29, 0.717) is 5.70 Å². The minimum atomic E-state index is 0.700. The van der Waals surface area contributed by atoms with E-state index in [4.69, 9.17) is 16.6 Å². The van der Waals surface area contributed by atoms with Gasteiger partial charge in [-0.05, 0) is 67.8 Å². The van der Waals surface area contributed by atoms with Gasteiger partial charge in [-0.25, -0.2) is 4.99 Å². The number of aliphatic imine (C=N–C) groups is 1. The van der Waals surface area contributed by atoms with Crippen molar-refractivity contribution in [2.45, 2.75) is 20.3 Å². The van der Waals surface area contributed by atoms with Gasteiger partial charge in [0.05, 0.1) is 5.70 Å². The number of fused-ring (bicyclic) bond motifs is 1. The Labute approximate surface area is 171 Å². The Morgan fingerprint density at radius 1 is 1.14 bits per heavy atom. The maximum Gasteiger partial charge on any atom is 0.141 e. The summed E-state index contributed by atoms with van der Waals surface area (Å²) in [6.45, 7) is 9.30. The molecule has 3 aromatic rings. The molecule has 0 N–H and O–H groups in total. The van der Waals surface area contributed by atoms with Crippen molar-refractivity contribution in [3.8, 4) is 0 Å². The van der Waals surface area contributed by atoms with Crippen LogP contribution in [0, 0.1) is 13.8 Å². The summed E-state index contributed by atoms with van der Waals surface area (Å²) in [7, 11) is 0. The van der Waals surface area contributed by atoms with Gasteiger partial charge in [0.25, 0.3) is 0 Å². The molecule has 4 rings (SSSR count). The first-order valence-electron chi connectivity index (χ1n) is 9.34. The zero-order valence-corrected chi connectivity index (χ0v) is 16.9. The maximum absolute atomic E-state index is 6.21. The first-order valence-corrected chi connectivity index (χ1v) is 9.72. The van der Waals surface area contributed by atoms with Gasteiger partial charge in [-0.1, -0.05) is 35.9 Å². The molecule has 0 saturated heterocycles. The van der Waals surface area contributed by atoms with Crippen LogP contribution >= 0.6 is 11.6 Å². The van der Waals surface area contributed by atoms with E-state index >= 15 is 0 Å². The number of hydrogen-bond acceptors (Lipinski definition) is 2. The number of nitrogens with zero attached hydrogens (tertiary/aromatic N) is 3. The van der Waals surface area contributed by atoms with Crippen LogP contribution in [0.15, 0.2) is 72.5 Å². The van der Waals surface area contributed by atoms with Crippen LogP contribution in [0.5, 0.6) is 0 Å². The Balaban J connectivity index is 1.85. The zero-order chi connectivity index (χ0) is 19.7. The highest BCUT2D eigenvalue weighted by molar-refractivity contribution is 6.30. The van der Waals surface area contributed by atoms with Gasteiger partial charge in [0, 0.05) is 40.8 Å². The molecule has 0 saturated carbocycles. The highest BCUT2D eigenvalue weighted by atomic mass is 35.5. The number of aryl methyl sites for hydroxylation is 2. The van der Waals surface area contributed by atoms with Gasteiger partial charge >= 0.3 is 0 Å². The van der Waals surface area contributed by atoms with Crippen molar-refractivity contribution < 1.29 is 0 Å². The van der Waals surface area contributed by atoms with Crippen molar-refractivity contribution >= 4 is 28.8 Å². The van der Waals surface area contributed by atoms with Crippen LogP contribution < -0.4 is 4.90 Å². The standard InChI is InChI=1S/C24H22ClN3/c1-16-6-7-17(2)22(13-16)24(27-18(3)20-5-4-11-26-15-20)28-12-10-19-14-21(25)8-9-23(19)28/h4-9,11,13-15H,3,10,12H2,1-2H3. The number of aromatic nitrogens is 1. The first-order chi connectivity index (χ1) is 13.5. The first kappa shape index (κ1) is 18.5. The maximum atomic E-state index is 6.21. The highest BCUT2D eigenvalue weighted by Crippen LogP contribution is 2.33. The fourth-order valence-electron chi connectivity index (χ4n) is 3.56. The molecule has 1 aromatic heterocycles. The molecule has 1 aliphatic heterocycles. The molecule has 0 fully saturated rings. The fourth-order valence-corrected chi connectivity index (χ4v) is 3.75. The topological polar surface area (TPSA) is 28.5 Å². The largest absolute Gasteiger partial charge is 0.325 e. The predicted molar refractivity (Wildman–Crippen MR) is 118 cm³/mol. The average molecular weight is 388 g/mol. The van der Waals surface area contributed by atoms with Crippen LogP contribution in [0.1, 0.15) is 27.8 Å². The number of halogens is 1. The summed E-state index contributed by atoms with van der Waals surface area (Å²) in [6.07, 6.45) is 4.50. The number of amidine groups is 1. The Hall–Kier alpha value is -2.91. The minimum absolute atomic E-state index is 0.700. The van der Waals surface area contributed by atoms with E-state index < -0.39 is 0 Å². The van der Waals surface area contributed by atoms with Crippen LogP contribution in [-0.4, -0.2) is 17.4 Å². The number of benzene rings is 2. The lowest BCUT2D eigenvalue weighted by atomic mass is 10.0. The zero-order valence-electron chi connectivity index (χ0n) is 16.1. The average Bonchev–Trinajstić information content (AvgIpc) is 3.11. The number of hydrogen-bond donors (Lipinski definition) is 0. The third kappa shape index (κ3) is 3.58. The van der Waals surface area contributed by atoms with Crippen molar-refractivity contribution in [2.75, 3.05) is 11.4 Å². The number of rotatable bonds is 3. The summed E-state index contributed by atoms with van der Waals surface area (Å²) in [5.74, 6) is 0.913. The van der Waals surface area contributed by atoms with Crippen molar-refractivity contribution in [3.05, 3.63) is 100 Å². The normalized spacial score (nSPS) is 13.5. The molecule has 0 atom stereocenters. The third-order valence-electron chi connectivity index (χ3n) is 5.06. The second-order valence-corrected chi connectivity index (χ2v) is 7.55. The molecule has 0 spiro atoms. The van der Waals surface area contributed by atoms with Gasteiger partial charge in [0.15, 0.2) is 0 Å². The molecule has 0 unspecified atom stereocenters. The highest BCUT2D eigenvalue weighted by Gasteiger charge is 2.25. The molecule has 0 bridgehead atoms. The molecule has 0 aliphatic carbocycles. The molecular weight excluding hydrogens is 366 g/mol. The van der Waals surface area contributed by atoms with Gasteiger partial charge in [-0.15, -0.1) is 0 Å². The monoisotopic (exact) mass is 387 g/mol. The summed E-state index contributed by atoms with van der Waals surface area (Å²) in [6, 6.07) is 16.4. The molecule has 0 amide bonds. The van der Waals surface area contributed by atoms with E-state index in [-0.39, 0.29) is 0 Å². The number of pyridine rings is 1. The van der Waals surface area contributed by atoms with Gasteiger partial charge in [0.2, 0.25) is 0 Å². The lowest BCUT2D eigenvalue weighted by Gasteiger charge is -2.24. The van der Waals surface area contributed by atoms with Crippen LogP contribution in [0.25, 0.3) is 5.70 Å². The second-order valence-electron chi connectivity index (χ2n) is 7.12. The lowest BCUT2D eigenvalue weighted by Crippen LogP contribution is -2.30. The van der Waals surface area contributed by atoms with E-state index in [0.717, 1.165) is 40.6 Å². The molecule has 4 heteroatoms. The molecule has 140 valence electrons. The van der Waals surface area contributed by atoms with Gasteiger partial charge in [-0.2, -0.15) is 0 Å². The summed E-state index contributed by atoms with van der Waals surface area (Å²) in [5.41, 5.74) is 7.53. The van der Waals surface area contributed by atoms with Crippen molar-refractivity contribution in [1.82, 2.24) is 4.98 Å². The van der Waals surface area contributed by atoms with Crippen LogP contribution in [0.2, 0.25) is 5.02 Å². The lowest BCUT2D eigenvalue weighted by molar-refractivity contribution is 1.02. The summed E-state index contributed by atoms with van der Waals surface area (Å²) < 4.78 is 0. The molecule has 1 aliphatic rings. The Bertz CT molecular complexity index is 1070. The van der Waals surface area contributed by atoms with Gasteiger partial charge in [-0.3, -0.25) is 4.98 Å². The van der Waals surface area contributed by atoms with E-state index in [1.54, 1.807) is 12.4 Å². The van der Waals surface area contributed by atoms with Crippen molar-refractivity contribution in [1.29, 1.82) is 0 Å². The predicted octanol–water partition coefficient (Wildman–Crippen LogP) is 5.83. The molecule has 28 heavy (non-hydrogen) atoms. The minimum Gasteiger partial charge on any atom is -0.325 e. The Morgan fingerprint density at radius 3 is 2.79 bits per heavy atom. The molecule has 3 nitrogen and oxygen atoms in total. The van der Waals surface area contributed by atoms with E-state index in [2.05, 4.69) is 54.6 Å². The van der Waals surface area contributed by atoms with Crippen molar-refractivity contribution in [2.24, 2.45) is 4.99 Å². The number of anilines is 1. The van der Waals surface area contributed by atoms with Crippen LogP contribution in [-0.2, 0) is 6.42 Å². The van der Waals surface area contributed by atoms with E-state index in [1.807, 2.05) is 24.3 Å². The smallest absolute Gasteiger partial charge is 0.141 e. The summed E-state index contributed by atoms with van der Waals surface area (Å²) >= 11 is 6.21. The van der Waals surface area contributed by atoms with Crippen molar-refractivity contribution in [3.63, 3.8) is 0 Å². The summed E-state index contributed by atoms with van der Waals surface area (Å²) in [4.78, 5) is 11.5. The molecule has 0 radical (unpaired) electrons. The Morgan fingerprint density at radius 2 is 2.00 bits per heavy atom. The van der Waals surface area contributed by atoms with Gasteiger partial charge in [0.1, 0.15) is 5.84 Å². The van der Waals surface area contributed by atoms with Gasteiger partial charge < -0.3 is 4.90 Å². The second kappa shape index (κ2) is 7.61. The SMILES string of the molecule is C=C(N=C(c1cc(C)ccc1C)N1CCc2cc(Cl)ccc21)c1cccnc1. The van der Waals surface area contributed by atoms with Crippen LogP contribution in [0.4, 0.5) is 5.69 Å². The summed E-state index contributed by atoms with van der Waals surface area (Å²) in [5, 5.41) is 0.769. The van der Waals surface area contributed by atoms with Crippen LogP contribution in [0.3, 0.4) is 0 Å². The third-order valence-corrected chi connectivity index (χ3v) is 5.30. The fraction of sp³-hybridized carbons (Fsp3) is 0.167. The molecule has 2 heterocycles. The molecule has 2 aromatic carbocycles. The van der Waals surface area contributed by atoms with E-state index in [1.165, 1.54) is 16.7 Å². The quantitative estimate of drug-likeness (QED) is 0.417. The molecular formula is C24H22ClN3. The Kier molecular flexibility index (Phi) is 5.01.